The van der Waals surface area contributed by atoms with Crippen LogP contribution in [0, 0.1) is 24.8 Å². The lowest BCUT2D eigenvalue weighted by atomic mass is 10.0. The molecule has 0 radical (unpaired) electrons. The minimum absolute atomic E-state index is 0.596. The van der Waals surface area contributed by atoms with E-state index >= 15 is 0 Å². The minimum Gasteiger partial charge on any atom is -0.493 e. The zero-order chi connectivity index (χ0) is 39.3. The molecule has 5 nitrogen and oxygen atoms in total. The van der Waals surface area contributed by atoms with E-state index in [1.165, 1.54) is 101 Å². The van der Waals surface area contributed by atoms with Crippen LogP contribution in [-0.2, 0) is 6.54 Å². The first kappa shape index (κ1) is 43.3. The van der Waals surface area contributed by atoms with Crippen LogP contribution in [0.2, 0.25) is 0 Å². The lowest BCUT2D eigenvalue weighted by molar-refractivity contribution is 0.294. The van der Waals surface area contributed by atoms with Crippen molar-refractivity contribution in [1.29, 1.82) is 5.26 Å². The predicted molar refractivity (Wildman–Crippen MR) is 235 cm³/mol. The summed E-state index contributed by atoms with van der Waals surface area (Å²) in [6.07, 6.45) is 25.7. The normalized spacial score (nSPS) is 12.0. The van der Waals surface area contributed by atoms with Crippen LogP contribution in [0.4, 0.5) is 0 Å². The van der Waals surface area contributed by atoms with Gasteiger partial charge in [-0.05, 0) is 73.2 Å². The Balaban J connectivity index is 1.70. The second-order valence-corrected chi connectivity index (χ2v) is 15.2. The van der Waals surface area contributed by atoms with E-state index in [-0.39, 0.29) is 0 Å². The quantitative estimate of drug-likeness (QED) is 0.0279. The fourth-order valence-corrected chi connectivity index (χ4v) is 7.54. The van der Waals surface area contributed by atoms with Crippen molar-refractivity contribution in [2.24, 2.45) is 0 Å². The highest BCUT2D eigenvalue weighted by Crippen LogP contribution is 2.36. The van der Waals surface area contributed by atoms with Crippen molar-refractivity contribution >= 4 is 39.2 Å². The molecule has 3 aromatic carbocycles. The third-order valence-corrected chi connectivity index (χ3v) is 10.8. The number of nitriles is 1. The summed E-state index contributed by atoms with van der Waals surface area (Å²) >= 11 is 0. The Morgan fingerprint density at radius 1 is 0.673 bits per heavy atom. The van der Waals surface area contributed by atoms with Gasteiger partial charge < -0.3 is 14.0 Å². The number of aromatic nitrogens is 1. The molecule has 1 heterocycles. The molecule has 0 aliphatic rings. The molecule has 5 heteroatoms. The van der Waals surface area contributed by atoms with E-state index < -0.39 is 0 Å². The largest absolute Gasteiger partial charge is 0.493 e. The molecule has 0 saturated carbocycles. The summed E-state index contributed by atoms with van der Waals surface area (Å²) in [7, 11) is 0. The van der Waals surface area contributed by atoms with Crippen LogP contribution in [0.15, 0.2) is 54.6 Å². The number of rotatable bonds is 26. The molecule has 0 aliphatic heterocycles. The Morgan fingerprint density at radius 2 is 1.18 bits per heavy atom. The molecule has 1 aromatic heterocycles. The van der Waals surface area contributed by atoms with Crippen LogP contribution < -0.4 is 9.47 Å². The summed E-state index contributed by atoms with van der Waals surface area (Å²) < 4.78 is 15.2. The van der Waals surface area contributed by atoms with Gasteiger partial charge in [0.1, 0.15) is 11.5 Å². The van der Waals surface area contributed by atoms with Crippen LogP contribution >= 0.6 is 0 Å². The first-order valence-corrected chi connectivity index (χ1v) is 21.6. The number of fused-ring (bicyclic) bond motifs is 3. The average Bonchev–Trinajstić information content (AvgIpc) is 3.50. The summed E-state index contributed by atoms with van der Waals surface area (Å²) in [6.45, 7) is 20.7. The lowest BCUT2D eigenvalue weighted by Crippen LogP contribution is -2.03. The Labute approximate surface area is 333 Å². The summed E-state index contributed by atoms with van der Waals surface area (Å²) in [4.78, 5) is 3.79. The molecule has 0 fully saturated rings. The maximum atomic E-state index is 10.7. The molecule has 55 heavy (non-hydrogen) atoms. The Bertz CT molecular complexity index is 1930. The van der Waals surface area contributed by atoms with Crippen molar-refractivity contribution < 1.29 is 9.47 Å². The zero-order valence-electron chi connectivity index (χ0n) is 34.8. The van der Waals surface area contributed by atoms with Gasteiger partial charge in [0.25, 0.3) is 0 Å². The van der Waals surface area contributed by atoms with E-state index in [1.807, 2.05) is 19.1 Å². The van der Waals surface area contributed by atoms with Gasteiger partial charge in [-0.15, -0.1) is 0 Å². The number of hydrogen-bond acceptors (Lipinski definition) is 3. The van der Waals surface area contributed by atoms with Crippen LogP contribution in [0.5, 0.6) is 11.5 Å². The predicted octanol–water partition coefficient (Wildman–Crippen LogP) is 15.3. The maximum absolute atomic E-state index is 10.7. The Morgan fingerprint density at radius 3 is 1.73 bits per heavy atom. The third-order valence-electron chi connectivity index (χ3n) is 10.8. The molecular weight excluding hydrogens is 675 g/mol. The van der Waals surface area contributed by atoms with Crippen molar-refractivity contribution in [3.8, 4) is 17.6 Å². The van der Waals surface area contributed by atoms with Gasteiger partial charge in [0.15, 0.2) is 5.70 Å². The monoisotopic (exact) mass is 742 g/mol. The summed E-state index contributed by atoms with van der Waals surface area (Å²) in [6, 6.07) is 19.5. The lowest BCUT2D eigenvalue weighted by Gasteiger charge is -2.15. The first-order valence-electron chi connectivity index (χ1n) is 21.6. The SMILES string of the molecule is [C-]#[N+]/C(=C\C)c1ccc2c3ccc(/C(C#N)=C/c4cc(OCCCCCCCC)c(C)cc4OCCCCCCCC)cc3n(CCCCCCCC)c2c1. The van der Waals surface area contributed by atoms with Crippen molar-refractivity contribution in [2.75, 3.05) is 13.2 Å². The van der Waals surface area contributed by atoms with Gasteiger partial charge in [0, 0.05) is 33.9 Å². The van der Waals surface area contributed by atoms with Crippen molar-refractivity contribution in [2.45, 2.75) is 157 Å². The molecule has 0 spiro atoms. The minimum atomic E-state index is 0.596. The van der Waals surface area contributed by atoms with Crippen LogP contribution in [0.3, 0.4) is 0 Å². The average molecular weight is 742 g/mol. The van der Waals surface area contributed by atoms with Crippen molar-refractivity contribution in [3.05, 3.63) is 88.3 Å². The van der Waals surface area contributed by atoms with Crippen LogP contribution in [0.1, 0.15) is 166 Å². The third kappa shape index (κ3) is 12.8. The van der Waals surface area contributed by atoms with Crippen molar-refractivity contribution in [3.63, 3.8) is 0 Å². The molecule has 0 amide bonds. The highest BCUT2D eigenvalue weighted by Gasteiger charge is 2.16. The van der Waals surface area contributed by atoms with E-state index in [2.05, 4.69) is 91.7 Å². The van der Waals surface area contributed by atoms with E-state index in [4.69, 9.17) is 16.0 Å². The molecule has 4 aromatic rings. The molecule has 4 rings (SSSR count). The van der Waals surface area contributed by atoms with Gasteiger partial charge in [-0.3, -0.25) is 0 Å². The molecule has 0 atom stereocenters. The standard InChI is InChI=1S/C50H67N3O2/c1-7-11-14-17-20-23-30-53-47-35-40(26-28-44(47)45-29-27-41(36-48(45)53)46(10-4)52-6)43(38-51)34-42-37-49(54-31-24-21-18-15-12-8-2)39(5)33-50(42)55-32-25-22-19-16-13-9-3/h10,26-29,33-37H,7-9,11-25,30-32H2,1-5H3/b43-34+,46-10-. The van der Waals surface area contributed by atoms with Gasteiger partial charge in [-0.1, -0.05) is 154 Å². The fraction of sp³-hybridized carbons (Fsp3) is 0.520. The van der Waals surface area contributed by atoms with Gasteiger partial charge in [0.05, 0.1) is 31.4 Å². The summed E-state index contributed by atoms with van der Waals surface area (Å²) in [5.41, 5.74) is 7.28. The van der Waals surface area contributed by atoms with Crippen molar-refractivity contribution in [1.82, 2.24) is 4.57 Å². The number of aryl methyl sites for hydroxylation is 2. The highest BCUT2D eigenvalue weighted by atomic mass is 16.5. The molecule has 294 valence electrons. The highest BCUT2D eigenvalue weighted by molar-refractivity contribution is 6.10. The maximum Gasteiger partial charge on any atom is 0.190 e. The van der Waals surface area contributed by atoms with Crippen LogP contribution in [0.25, 0.3) is 44.0 Å². The molecular formula is C50H67N3O2. The topological polar surface area (TPSA) is 51.5 Å². The number of nitrogens with zero attached hydrogens (tertiary/aromatic N) is 3. The van der Waals surface area contributed by atoms with E-state index in [0.717, 1.165) is 77.0 Å². The Kier molecular flexibility index (Phi) is 19.0. The van der Waals surface area contributed by atoms with Gasteiger partial charge in [0.2, 0.25) is 0 Å². The fourth-order valence-electron chi connectivity index (χ4n) is 7.54. The number of benzene rings is 3. The van der Waals surface area contributed by atoms with Crippen LogP contribution in [-0.4, -0.2) is 17.8 Å². The number of hydrogen-bond donors (Lipinski definition) is 0. The first-order chi connectivity index (χ1) is 27.0. The van der Waals surface area contributed by atoms with Gasteiger partial charge in [-0.2, -0.15) is 5.26 Å². The van der Waals surface area contributed by atoms with Gasteiger partial charge >= 0.3 is 0 Å². The van der Waals surface area contributed by atoms with Gasteiger partial charge in [-0.25, -0.2) is 4.85 Å². The number of unbranched alkanes of at least 4 members (excludes halogenated alkanes) is 15. The number of ether oxygens (including phenoxy) is 2. The zero-order valence-corrected chi connectivity index (χ0v) is 34.8. The second kappa shape index (κ2) is 24.1. The molecule has 0 N–H and O–H groups in total. The second-order valence-electron chi connectivity index (χ2n) is 15.2. The molecule has 0 aliphatic carbocycles. The molecule has 0 unspecified atom stereocenters. The summed E-state index contributed by atoms with van der Waals surface area (Å²) in [5, 5.41) is 13.0. The molecule has 0 saturated heterocycles. The smallest absolute Gasteiger partial charge is 0.190 e. The Hall–Kier alpha value is -4.48. The molecule has 0 bridgehead atoms. The van der Waals surface area contributed by atoms with E-state index in [9.17, 15) is 5.26 Å². The van der Waals surface area contributed by atoms with E-state index in [1.54, 1.807) is 0 Å². The summed E-state index contributed by atoms with van der Waals surface area (Å²) in [5.74, 6) is 1.66. The number of allylic oxidation sites excluding steroid dienone is 2. The van der Waals surface area contributed by atoms with E-state index in [0.29, 0.717) is 24.5 Å².